The summed E-state index contributed by atoms with van der Waals surface area (Å²) in [6, 6.07) is 9.74. The van der Waals surface area contributed by atoms with E-state index in [1.807, 2.05) is 6.07 Å². The Kier molecular flexibility index (Phi) is 5.60. The molecule has 25 heavy (non-hydrogen) atoms. The van der Waals surface area contributed by atoms with E-state index in [0.29, 0.717) is 24.2 Å². The second-order valence-corrected chi connectivity index (χ2v) is 6.35. The van der Waals surface area contributed by atoms with Gasteiger partial charge in [-0.1, -0.05) is 0 Å². The van der Waals surface area contributed by atoms with Crippen molar-refractivity contribution in [2.75, 3.05) is 6.54 Å². The molecule has 3 rings (SSSR count). The van der Waals surface area contributed by atoms with Gasteiger partial charge in [-0.2, -0.15) is 0 Å². The molecule has 1 aliphatic rings. The van der Waals surface area contributed by atoms with Crippen molar-refractivity contribution < 1.29 is 13.9 Å². The summed E-state index contributed by atoms with van der Waals surface area (Å²) in [6.45, 7) is 3.41. The maximum Gasteiger partial charge on any atom is 0.223 e. The first-order valence-corrected chi connectivity index (χ1v) is 8.49. The number of hydrogen-bond donors (Lipinski definition) is 2. The molecule has 6 heteroatoms. The van der Waals surface area contributed by atoms with Crippen LogP contribution >= 0.6 is 0 Å². The fourth-order valence-corrected chi connectivity index (χ4v) is 2.94. The Morgan fingerprint density at radius 2 is 2.16 bits per heavy atom. The van der Waals surface area contributed by atoms with Crippen LogP contribution in [-0.2, 0) is 11.3 Å². The second-order valence-electron chi connectivity index (χ2n) is 6.35. The van der Waals surface area contributed by atoms with Crippen LogP contribution in [0.4, 0.5) is 4.39 Å². The van der Waals surface area contributed by atoms with Crippen LogP contribution in [0.15, 0.2) is 42.6 Å². The number of nitrogens with one attached hydrogen (secondary N) is 2. The van der Waals surface area contributed by atoms with Gasteiger partial charge >= 0.3 is 0 Å². The molecule has 5 nitrogen and oxygen atoms in total. The topological polar surface area (TPSA) is 63.2 Å². The molecule has 2 aromatic rings. The SMILES string of the molecule is C[C@H]1C[C@@H](C(=O)NCc2ccnc(Oc3ccc(F)cc3)c2)CCN1. The van der Waals surface area contributed by atoms with Crippen molar-refractivity contribution >= 4 is 5.91 Å². The number of carbonyl (C=O) groups excluding carboxylic acids is 1. The van der Waals surface area contributed by atoms with Gasteiger partial charge in [0.25, 0.3) is 0 Å². The lowest BCUT2D eigenvalue weighted by molar-refractivity contribution is -0.126. The summed E-state index contributed by atoms with van der Waals surface area (Å²) in [5.41, 5.74) is 0.905. The average Bonchev–Trinajstić information content (AvgIpc) is 2.62. The highest BCUT2D eigenvalue weighted by molar-refractivity contribution is 5.78. The lowest BCUT2D eigenvalue weighted by Crippen LogP contribution is -2.42. The maximum absolute atomic E-state index is 12.9. The third-order valence-electron chi connectivity index (χ3n) is 4.30. The summed E-state index contributed by atoms with van der Waals surface area (Å²) in [6.07, 6.45) is 3.36. The van der Waals surface area contributed by atoms with Gasteiger partial charge < -0.3 is 15.4 Å². The fraction of sp³-hybridized carbons (Fsp3) is 0.368. The molecule has 0 aliphatic carbocycles. The molecule has 0 saturated carbocycles. The third-order valence-corrected chi connectivity index (χ3v) is 4.30. The monoisotopic (exact) mass is 343 g/mol. The molecule has 0 spiro atoms. The van der Waals surface area contributed by atoms with Gasteiger partial charge in [0.1, 0.15) is 11.6 Å². The number of halogens is 1. The summed E-state index contributed by atoms with van der Waals surface area (Å²) >= 11 is 0. The predicted octanol–water partition coefficient (Wildman–Crippen LogP) is 3.02. The number of nitrogens with zero attached hydrogens (tertiary/aromatic N) is 1. The van der Waals surface area contributed by atoms with Crippen molar-refractivity contribution in [3.63, 3.8) is 0 Å². The van der Waals surface area contributed by atoms with Crippen molar-refractivity contribution in [3.8, 4) is 11.6 Å². The number of hydrogen-bond acceptors (Lipinski definition) is 4. The fourth-order valence-electron chi connectivity index (χ4n) is 2.94. The number of aromatic nitrogens is 1. The Bertz CT molecular complexity index is 721. The Morgan fingerprint density at radius 1 is 1.36 bits per heavy atom. The number of amides is 1. The second kappa shape index (κ2) is 8.07. The number of carbonyl (C=O) groups is 1. The minimum absolute atomic E-state index is 0.0630. The molecular weight excluding hydrogens is 321 g/mol. The molecule has 1 fully saturated rings. The molecular formula is C19H22FN3O2. The zero-order valence-corrected chi connectivity index (χ0v) is 14.2. The molecule has 0 radical (unpaired) electrons. The van der Waals surface area contributed by atoms with E-state index in [1.165, 1.54) is 12.1 Å². The van der Waals surface area contributed by atoms with Gasteiger partial charge in [0, 0.05) is 30.8 Å². The number of ether oxygens (including phenoxy) is 1. The number of benzene rings is 1. The summed E-state index contributed by atoms with van der Waals surface area (Å²) in [5.74, 6) is 0.760. The summed E-state index contributed by atoms with van der Waals surface area (Å²) in [5, 5.41) is 6.33. The molecule has 0 unspecified atom stereocenters. The molecule has 1 aromatic heterocycles. The number of piperidine rings is 1. The van der Waals surface area contributed by atoms with E-state index in [4.69, 9.17) is 4.74 Å². The highest BCUT2D eigenvalue weighted by atomic mass is 19.1. The van der Waals surface area contributed by atoms with Crippen molar-refractivity contribution in [1.29, 1.82) is 0 Å². The zero-order valence-electron chi connectivity index (χ0n) is 14.2. The summed E-state index contributed by atoms with van der Waals surface area (Å²) in [4.78, 5) is 16.5. The molecule has 1 aromatic carbocycles. The third kappa shape index (κ3) is 5.00. The highest BCUT2D eigenvalue weighted by Crippen LogP contribution is 2.20. The van der Waals surface area contributed by atoms with E-state index in [2.05, 4.69) is 22.5 Å². The van der Waals surface area contributed by atoms with Gasteiger partial charge in [0.05, 0.1) is 0 Å². The van der Waals surface area contributed by atoms with Crippen molar-refractivity contribution in [2.24, 2.45) is 5.92 Å². The highest BCUT2D eigenvalue weighted by Gasteiger charge is 2.24. The first-order chi connectivity index (χ1) is 12.1. The van der Waals surface area contributed by atoms with Crippen LogP contribution in [0.25, 0.3) is 0 Å². The largest absolute Gasteiger partial charge is 0.439 e. The van der Waals surface area contributed by atoms with Gasteiger partial charge in [-0.3, -0.25) is 4.79 Å². The van der Waals surface area contributed by atoms with Crippen LogP contribution < -0.4 is 15.4 Å². The molecule has 1 saturated heterocycles. The van der Waals surface area contributed by atoms with E-state index in [9.17, 15) is 9.18 Å². The van der Waals surface area contributed by atoms with E-state index in [0.717, 1.165) is 24.9 Å². The standard InChI is InChI=1S/C19H22FN3O2/c1-13-10-15(7-9-21-13)19(24)23-12-14-6-8-22-18(11-14)25-17-4-2-16(20)3-5-17/h2-6,8,11,13,15,21H,7,9-10,12H2,1H3,(H,23,24)/t13-,15-/m0/s1. The molecule has 132 valence electrons. The number of rotatable bonds is 5. The van der Waals surface area contributed by atoms with E-state index in [-0.39, 0.29) is 17.6 Å². The molecule has 2 heterocycles. The molecule has 1 amide bonds. The van der Waals surface area contributed by atoms with Crippen LogP contribution in [0.5, 0.6) is 11.6 Å². The summed E-state index contributed by atoms with van der Waals surface area (Å²) in [7, 11) is 0. The van der Waals surface area contributed by atoms with Crippen LogP contribution in [0.3, 0.4) is 0 Å². The molecule has 2 atom stereocenters. The van der Waals surface area contributed by atoms with Gasteiger partial charge in [-0.05, 0) is 62.2 Å². The lowest BCUT2D eigenvalue weighted by atomic mass is 9.92. The first-order valence-electron chi connectivity index (χ1n) is 8.49. The van der Waals surface area contributed by atoms with Gasteiger partial charge in [-0.15, -0.1) is 0 Å². The van der Waals surface area contributed by atoms with Crippen LogP contribution in [0.2, 0.25) is 0 Å². The van der Waals surface area contributed by atoms with Gasteiger partial charge in [-0.25, -0.2) is 9.37 Å². The minimum atomic E-state index is -0.316. The van der Waals surface area contributed by atoms with Crippen molar-refractivity contribution in [1.82, 2.24) is 15.6 Å². The average molecular weight is 343 g/mol. The van der Waals surface area contributed by atoms with Crippen molar-refractivity contribution in [3.05, 3.63) is 54.0 Å². The molecule has 1 aliphatic heterocycles. The molecule has 2 N–H and O–H groups in total. The molecule has 0 bridgehead atoms. The lowest BCUT2D eigenvalue weighted by Gasteiger charge is -2.27. The Labute approximate surface area is 146 Å². The van der Waals surface area contributed by atoms with Gasteiger partial charge in [0.15, 0.2) is 0 Å². The van der Waals surface area contributed by atoms with E-state index in [1.54, 1.807) is 24.4 Å². The Morgan fingerprint density at radius 3 is 2.92 bits per heavy atom. The quantitative estimate of drug-likeness (QED) is 0.876. The van der Waals surface area contributed by atoms with Gasteiger partial charge in [0.2, 0.25) is 11.8 Å². The Balaban J connectivity index is 1.56. The van der Waals surface area contributed by atoms with Crippen LogP contribution in [-0.4, -0.2) is 23.5 Å². The summed E-state index contributed by atoms with van der Waals surface area (Å²) < 4.78 is 18.5. The normalized spacial score (nSPS) is 20.1. The predicted molar refractivity (Wildman–Crippen MR) is 92.7 cm³/mol. The van der Waals surface area contributed by atoms with E-state index < -0.39 is 0 Å². The minimum Gasteiger partial charge on any atom is -0.439 e. The van der Waals surface area contributed by atoms with Crippen LogP contribution in [0, 0.1) is 11.7 Å². The zero-order chi connectivity index (χ0) is 17.6. The maximum atomic E-state index is 12.9. The van der Waals surface area contributed by atoms with E-state index >= 15 is 0 Å². The number of pyridine rings is 1. The van der Waals surface area contributed by atoms with Crippen LogP contribution in [0.1, 0.15) is 25.3 Å². The Hall–Kier alpha value is -2.47. The van der Waals surface area contributed by atoms with Crippen molar-refractivity contribution in [2.45, 2.75) is 32.4 Å². The first kappa shape index (κ1) is 17.4. The smallest absolute Gasteiger partial charge is 0.223 e.